The number of amides is 16. The molecule has 0 aromatic heterocycles. The molecule has 0 rings (SSSR count). The van der Waals surface area contributed by atoms with E-state index in [-0.39, 0.29) is 0 Å². The van der Waals surface area contributed by atoms with E-state index in [0.29, 0.717) is 9.80 Å². The molecular weight excluding hydrogens is 440 g/mol. The summed E-state index contributed by atoms with van der Waals surface area (Å²) in [4.78, 5) is 81.8. The van der Waals surface area contributed by atoms with E-state index in [4.69, 9.17) is 5.73 Å². The van der Waals surface area contributed by atoms with Gasteiger partial charge in [-0.2, -0.15) is 0 Å². The molecule has 0 bridgehead atoms. The molecule has 0 saturated carbocycles. The maximum absolute atomic E-state index is 10.5. The second kappa shape index (κ2) is 18.0. The third-order valence-corrected chi connectivity index (χ3v) is 2.42. The average molecular weight is 468 g/mol. The number of nitrogens with zero attached hydrogens (tertiary/aromatic N) is 3. The Labute approximate surface area is 181 Å². The van der Waals surface area contributed by atoms with Gasteiger partial charge in [0, 0.05) is 28.2 Å². The number of hydrogen-bond donors (Lipinski definition) is 9. The number of primary amides is 7. The van der Waals surface area contributed by atoms with Crippen LogP contribution in [0.1, 0.15) is 0 Å². The maximum Gasteiger partial charge on any atom is 0.325 e. The van der Waals surface area contributed by atoms with Crippen molar-refractivity contribution in [2.45, 2.75) is 0 Å². The molecule has 0 aliphatic rings. The molecule has 0 radical (unpaired) electrons. The summed E-state index contributed by atoms with van der Waals surface area (Å²) in [6.45, 7) is 0. The molecule has 16 amide bonds. The fourth-order valence-electron chi connectivity index (χ4n) is 0.606. The van der Waals surface area contributed by atoms with Gasteiger partial charge in [-0.1, -0.05) is 0 Å². The van der Waals surface area contributed by atoms with Crippen LogP contribution in [0.3, 0.4) is 0 Å². The molecule has 184 valence electrons. The highest BCUT2D eigenvalue weighted by atomic mass is 16.2. The van der Waals surface area contributed by atoms with Gasteiger partial charge in [-0.05, 0) is 0 Å². The largest absolute Gasteiger partial charge is 0.351 e. The molecule has 0 aliphatic carbocycles. The molecule has 20 nitrogen and oxygen atoms in total. The van der Waals surface area contributed by atoms with Crippen LogP contribution in [0, 0.1) is 0 Å². The summed E-state index contributed by atoms with van der Waals surface area (Å²) >= 11 is 0. The Kier molecular flexibility index (Phi) is 19.4. The third kappa shape index (κ3) is 23.0. The first kappa shape index (κ1) is 34.5. The zero-order chi connectivity index (χ0) is 26.8. The molecule has 0 heterocycles. The van der Waals surface area contributed by atoms with Gasteiger partial charge in [0.25, 0.3) is 0 Å². The second-order valence-corrected chi connectivity index (χ2v) is 4.78. The first-order chi connectivity index (χ1) is 14.3. The number of urea groups is 8. The van der Waals surface area contributed by atoms with E-state index in [0.717, 1.165) is 4.90 Å². The van der Waals surface area contributed by atoms with Crippen molar-refractivity contribution in [3.63, 3.8) is 0 Å². The number of carbonyl (C=O) groups is 8. The monoisotopic (exact) mass is 468 g/mol. The molecule has 0 aromatic rings. The molecule has 32 heavy (non-hydrogen) atoms. The van der Waals surface area contributed by atoms with Crippen LogP contribution in [-0.2, 0) is 0 Å². The number of nitrogens with two attached hydrogens (primary N) is 7. The quantitative estimate of drug-likeness (QED) is 0.169. The van der Waals surface area contributed by atoms with Gasteiger partial charge < -0.3 is 45.5 Å². The van der Waals surface area contributed by atoms with Gasteiger partial charge in [0.2, 0.25) is 0 Å². The van der Waals surface area contributed by atoms with Crippen molar-refractivity contribution in [1.29, 1.82) is 0 Å². The van der Waals surface area contributed by atoms with Crippen LogP contribution >= 0.6 is 0 Å². The predicted octanol–water partition coefficient (Wildman–Crippen LogP) is -3.78. The van der Waals surface area contributed by atoms with Gasteiger partial charge >= 0.3 is 48.2 Å². The lowest BCUT2D eigenvalue weighted by Crippen LogP contribution is -2.42. The topological polar surface area (TPSA) is 352 Å². The van der Waals surface area contributed by atoms with Gasteiger partial charge in [-0.3, -0.25) is 5.32 Å². The van der Waals surface area contributed by atoms with E-state index >= 15 is 0 Å². The van der Waals surface area contributed by atoms with Gasteiger partial charge in [0.15, 0.2) is 0 Å². The van der Waals surface area contributed by atoms with Crippen molar-refractivity contribution in [1.82, 2.24) is 25.3 Å². The van der Waals surface area contributed by atoms with Crippen LogP contribution in [0.5, 0.6) is 0 Å². The lowest BCUT2D eigenvalue weighted by atomic mass is 10.7. The SMILES string of the molecule is CN(C(N)=O)C(N)=O.CN(C(N)=O)C(N)=O.CNC(=O)N(C)C(N)=O.NC(=O)NC(N)=O. The smallest absolute Gasteiger partial charge is 0.325 e. The van der Waals surface area contributed by atoms with Crippen LogP contribution in [0.15, 0.2) is 0 Å². The minimum absolute atomic E-state index is 0.512. The van der Waals surface area contributed by atoms with E-state index in [1.807, 2.05) is 0 Å². The van der Waals surface area contributed by atoms with Crippen LogP contribution in [-0.4, -0.2) is 91.1 Å². The number of nitrogens with one attached hydrogen (secondary N) is 2. The number of carbonyl (C=O) groups excluding carboxylic acids is 8. The summed E-state index contributed by atoms with van der Waals surface area (Å²) in [6, 6.07) is -6.55. The van der Waals surface area contributed by atoms with Crippen molar-refractivity contribution in [2.24, 2.45) is 40.1 Å². The molecule has 0 unspecified atom stereocenters. The van der Waals surface area contributed by atoms with Crippen molar-refractivity contribution >= 4 is 48.2 Å². The number of imide groups is 4. The van der Waals surface area contributed by atoms with E-state index in [1.54, 1.807) is 5.32 Å². The lowest BCUT2D eigenvalue weighted by Gasteiger charge is -2.09. The molecule has 0 spiro atoms. The Bertz CT molecular complexity index is 642. The molecular formula is C12H28N12O8. The van der Waals surface area contributed by atoms with E-state index in [9.17, 15) is 38.4 Å². The first-order valence-corrected chi connectivity index (χ1v) is 7.59. The minimum atomic E-state index is -0.938. The first-order valence-electron chi connectivity index (χ1n) is 7.59. The summed E-state index contributed by atoms with van der Waals surface area (Å²) in [7, 11) is 5.11. The summed E-state index contributed by atoms with van der Waals surface area (Å²) in [5.74, 6) is 0. The summed E-state index contributed by atoms with van der Waals surface area (Å²) in [5, 5.41) is 3.82. The Morgan fingerprint density at radius 1 is 0.500 bits per heavy atom. The molecule has 0 aromatic carbocycles. The maximum atomic E-state index is 10.5. The Morgan fingerprint density at radius 3 is 0.750 bits per heavy atom. The zero-order valence-electron chi connectivity index (χ0n) is 17.6. The van der Waals surface area contributed by atoms with Gasteiger partial charge in [0.1, 0.15) is 0 Å². The van der Waals surface area contributed by atoms with Gasteiger partial charge in [-0.25, -0.2) is 53.1 Å². The molecule has 0 fully saturated rings. The van der Waals surface area contributed by atoms with Crippen LogP contribution in [0.25, 0.3) is 0 Å². The molecule has 0 saturated heterocycles. The van der Waals surface area contributed by atoms with E-state index < -0.39 is 48.2 Å². The third-order valence-electron chi connectivity index (χ3n) is 2.42. The van der Waals surface area contributed by atoms with E-state index in [1.165, 1.54) is 28.2 Å². The Morgan fingerprint density at radius 2 is 0.719 bits per heavy atom. The minimum Gasteiger partial charge on any atom is -0.351 e. The number of hydrogen-bond acceptors (Lipinski definition) is 8. The van der Waals surface area contributed by atoms with Crippen molar-refractivity contribution < 1.29 is 38.4 Å². The summed E-state index contributed by atoms with van der Waals surface area (Å²) < 4.78 is 0. The normalized spacial score (nSPS) is 8.00. The molecule has 0 atom stereocenters. The second-order valence-electron chi connectivity index (χ2n) is 4.78. The molecule has 16 N–H and O–H groups in total. The van der Waals surface area contributed by atoms with Crippen LogP contribution in [0.4, 0.5) is 38.4 Å². The number of rotatable bonds is 0. The van der Waals surface area contributed by atoms with Crippen molar-refractivity contribution in [3.05, 3.63) is 0 Å². The molecule has 0 aliphatic heterocycles. The average Bonchev–Trinajstić information content (AvgIpc) is 2.65. The highest BCUT2D eigenvalue weighted by molar-refractivity contribution is 5.93. The lowest BCUT2D eigenvalue weighted by molar-refractivity contribution is 0.200. The highest BCUT2D eigenvalue weighted by Crippen LogP contribution is 1.79. The fraction of sp³-hybridized carbons (Fsp3) is 0.333. The predicted molar refractivity (Wildman–Crippen MR) is 108 cm³/mol. The Hall–Kier alpha value is -5.04. The highest BCUT2D eigenvalue weighted by Gasteiger charge is 2.09. The van der Waals surface area contributed by atoms with Crippen LogP contribution < -0.4 is 50.8 Å². The van der Waals surface area contributed by atoms with E-state index in [2.05, 4.69) is 39.7 Å². The zero-order valence-corrected chi connectivity index (χ0v) is 17.6. The summed E-state index contributed by atoms with van der Waals surface area (Å²) in [6.07, 6.45) is 0. The molecule has 20 heteroatoms. The van der Waals surface area contributed by atoms with Crippen molar-refractivity contribution in [3.8, 4) is 0 Å². The Balaban J connectivity index is -0.000000164. The standard InChI is InChI=1S/C4H9N3O2.2C3H7N3O2.C2H5N3O2/c1-6-4(9)7(2)3(5)8;2*1-6(2(4)7)3(5)8;3-1(6)5-2(4)7/h1-2H3,(H2,5,8)(H,6,9);2*1H3,(H2,4,7)(H2,5,8);(H5,3,4,5,6,7). The fourth-order valence-corrected chi connectivity index (χ4v) is 0.606. The van der Waals surface area contributed by atoms with Crippen LogP contribution in [0.2, 0.25) is 0 Å². The summed E-state index contributed by atoms with van der Waals surface area (Å²) in [5.41, 5.74) is 32.1. The van der Waals surface area contributed by atoms with Crippen molar-refractivity contribution in [2.75, 3.05) is 28.2 Å². The van der Waals surface area contributed by atoms with Gasteiger partial charge in [-0.15, -0.1) is 0 Å². The van der Waals surface area contributed by atoms with Gasteiger partial charge in [0.05, 0.1) is 0 Å².